The van der Waals surface area contributed by atoms with Crippen molar-refractivity contribution < 1.29 is 19.1 Å². The van der Waals surface area contributed by atoms with Crippen LogP contribution in [-0.4, -0.2) is 41.7 Å². The Kier molecular flexibility index (Phi) is 9.01. The summed E-state index contributed by atoms with van der Waals surface area (Å²) in [6.07, 6.45) is 3.50. The van der Waals surface area contributed by atoms with Gasteiger partial charge < -0.3 is 15.4 Å². The van der Waals surface area contributed by atoms with Gasteiger partial charge in [-0.1, -0.05) is 31.9 Å². The van der Waals surface area contributed by atoms with Crippen molar-refractivity contribution in [3.63, 3.8) is 0 Å². The summed E-state index contributed by atoms with van der Waals surface area (Å²) in [7, 11) is 0. The summed E-state index contributed by atoms with van der Waals surface area (Å²) in [4.78, 5) is 37.7. The molecule has 0 heterocycles. The zero-order chi connectivity index (χ0) is 21.4. The molecule has 1 fully saturated rings. The van der Waals surface area contributed by atoms with Crippen molar-refractivity contribution in [2.45, 2.75) is 76.5 Å². The lowest BCUT2D eigenvalue weighted by Gasteiger charge is -2.30. The summed E-state index contributed by atoms with van der Waals surface area (Å²) in [6.45, 7) is 7.53. The van der Waals surface area contributed by atoms with Crippen molar-refractivity contribution in [3.05, 3.63) is 29.8 Å². The first-order valence-electron chi connectivity index (χ1n) is 10.3. The van der Waals surface area contributed by atoms with Crippen molar-refractivity contribution in [3.8, 4) is 0 Å². The molecule has 29 heavy (non-hydrogen) atoms. The van der Waals surface area contributed by atoms with Gasteiger partial charge in [0.15, 0.2) is 6.10 Å². The number of rotatable bonds is 8. The Hall–Kier alpha value is -2.02. The number of carbonyl (C=O) groups is 3. The molecule has 3 atom stereocenters. The standard InChI is InChI=1S/C22H32N2O4S/c1-14(2)23-20(25)13-29-19-12-8-6-10-17(19)22(27)28-16(4)21(26)24-18-11-7-5-9-15(18)3/h6,8,10,12,14-16,18H,5,7,9,11,13H2,1-4H3,(H,23,25)(H,24,26)/t15-,16-,18+/m1/s1. The molecule has 1 saturated carbocycles. The summed E-state index contributed by atoms with van der Waals surface area (Å²) in [5, 5.41) is 5.85. The van der Waals surface area contributed by atoms with Gasteiger partial charge in [0.2, 0.25) is 5.91 Å². The van der Waals surface area contributed by atoms with Gasteiger partial charge in [0, 0.05) is 17.0 Å². The molecule has 0 aliphatic heterocycles. The smallest absolute Gasteiger partial charge is 0.340 e. The summed E-state index contributed by atoms with van der Waals surface area (Å²) in [5.41, 5.74) is 0.362. The molecule has 0 spiro atoms. The number of carbonyl (C=O) groups excluding carboxylic acids is 3. The normalized spacial score (nSPS) is 20.0. The predicted octanol–water partition coefficient (Wildman–Crippen LogP) is 3.54. The maximum absolute atomic E-state index is 12.6. The molecule has 2 amide bonds. The fraction of sp³-hybridized carbons (Fsp3) is 0.591. The molecule has 0 aromatic heterocycles. The predicted molar refractivity (Wildman–Crippen MR) is 115 cm³/mol. The molecule has 160 valence electrons. The Labute approximate surface area is 177 Å². The van der Waals surface area contributed by atoms with Crippen molar-refractivity contribution in [2.75, 3.05) is 5.75 Å². The van der Waals surface area contributed by atoms with Gasteiger partial charge in [0.25, 0.3) is 5.91 Å². The second-order valence-corrected chi connectivity index (χ2v) is 8.95. The van der Waals surface area contributed by atoms with Crippen LogP contribution < -0.4 is 10.6 Å². The van der Waals surface area contributed by atoms with Crippen LogP contribution in [-0.2, 0) is 14.3 Å². The quantitative estimate of drug-likeness (QED) is 0.496. The van der Waals surface area contributed by atoms with Crippen LogP contribution in [0.1, 0.15) is 63.7 Å². The Morgan fingerprint density at radius 1 is 1.14 bits per heavy atom. The third kappa shape index (κ3) is 7.38. The first-order valence-corrected chi connectivity index (χ1v) is 11.3. The number of hydrogen-bond donors (Lipinski definition) is 2. The van der Waals surface area contributed by atoms with Crippen LogP contribution in [0.5, 0.6) is 0 Å². The van der Waals surface area contributed by atoms with Gasteiger partial charge in [0.1, 0.15) is 0 Å². The SMILES string of the molecule is CC(C)NC(=O)CSc1ccccc1C(=O)O[C@H](C)C(=O)N[C@H]1CCCC[C@H]1C. The number of ether oxygens (including phenoxy) is 1. The molecule has 6 nitrogen and oxygen atoms in total. The van der Waals surface area contributed by atoms with Crippen molar-refractivity contribution in [2.24, 2.45) is 5.92 Å². The topological polar surface area (TPSA) is 84.5 Å². The molecule has 2 N–H and O–H groups in total. The minimum absolute atomic E-state index is 0.0644. The number of thioether (sulfide) groups is 1. The Morgan fingerprint density at radius 2 is 1.83 bits per heavy atom. The van der Waals surface area contributed by atoms with Crippen molar-refractivity contribution >= 4 is 29.5 Å². The van der Waals surface area contributed by atoms with Gasteiger partial charge in [0.05, 0.1) is 11.3 Å². The van der Waals surface area contributed by atoms with E-state index in [1.807, 2.05) is 13.8 Å². The Balaban J connectivity index is 1.93. The van der Waals surface area contributed by atoms with E-state index in [1.54, 1.807) is 31.2 Å². The van der Waals surface area contributed by atoms with E-state index in [0.29, 0.717) is 16.4 Å². The van der Waals surface area contributed by atoms with E-state index in [-0.39, 0.29) is 29.7 Å². The van der Waals surface area contributed by atoms with Crippen molar-refractivity contribution in [1.29, 1.82) is 0 Å². The van der Waals surface area contributed by atoms with Gasteiger partial charge in [-0.25, -0.2) is 4.79 Å². The van der Waals surface area contributed by atoms with Crippen LogP contribution in [0.4, 0.5) is 0 Å². The highest BCUT2D eigenvalue weighted by Crippen LogP contribution is 2.25. The van der Waals surface area contributed by atoms with E-state index in [1.165, 1.54) is 18.2 Å². The van der Waals surface area contributed by atoms with Gasteiger partial charge in [-0.15, -0.1) is 11.8 Å². The van der Waals surface area contributed by atoms with E-state index in [4.69, 9.17) is 4.74 Å². The zero-order valence-electron chi connectivity index (χ0n) is 17.7. The molecular weight excluding hydrogens is 388 g/mol. The van der Waals surface area contributed by atoms with Crippen LogP contribution in [0.2, 0.25) is 0 Å². The molecule has 0 unspecified atom stereocenters. The van der Waals surface area contributed by atoms with Crippen LogP contribution in [0.3, 0.4) is 0 Å². The minimum Gasteiger partial charge on any atom is -0.449 e. The summed E-state index contributed by atoms with van der Waals surface area (Å²) in [6, 6.07) is 7.18. The average Bonchev–Trinajstić information content (AvgIpc) is 2.67. The fourth-order valence-corrected chi connectivity index (χ4v) is 4.23. The van der Waals surface area contributed by atoms with Crippen LogP contribution >= 0.6 is 11.8 Å². The van der Waals surface area contributed by atoms with E-state index >= 15 is 0 Å². The first-order chi connectivity index (χ1) is 13.8. The van der Waals surface area contributed by atoms with E-state index in [2.05, 4.69) is 17.6 Å². The van der Waals surface area contributed by atoms with Gasteiger partial charge in [-0.3, -0.25) is 9.59 Å². The molecule has 1 aromatic carbocycles. The van der Waals surface area contributed by atoms with Crippen LogP contribution in [0, 0.1) is 5.92 Å². The largest absolute Gasteiger partial charge is 0.449 e. The maximum atomic E-state index is 12.6. The lowest BCUT2D eigenvalue weighted by atomic mass is 9.86. The lowest BCUT2D eigenvalue weighted by Crippen LogP contribution is -2.46. The fourth-order valence-electron chi connectivity index (χ4n) is 3.38. The van der Waals surface area contributed by atoms with Gasteiger partial charge >= 0.3 is 5.97 Å². The number of amides is 2. The first kappa shape index (κ1) is 23.3. The van der Waals surface area contributed by atoms with Crippen molar-refractivity contribution in [1.82, 2.24) is 10.6 Å². The van der Waals surface area contributed by atoms with E-state index in [0.717, 1.165) is 19.3 Å². The molecule has 0 radical (unpaired) electrons. The molecule has 2 rings (SSSR count). The summed E-state index contributed by atoms with van der Waals surface area (Å²) < 4.78 is 5.42. The molecule has 1 aliphatic rings. The van der Waals surface area contributed by atoms with E-state index < -0.39 is 12.1 Å². The zero-order valence-corrected chi connectivity index (χ0v) is 18.5. The summed E-state index contributed by atoms with van der Waals surface area (Å²) >= 11 is 1.28. The number of benzene rings is 1. The third-order valence-electron chi connectivity index (χ3n) is 5.01. The number of hydrogen-bond acceptors (Lipinski definition) is 5. The number of esters is 1. The molecule has 0 saturated heterocycles. The Morgan fingerprint density at radius 3 is 2.52 bits per heavy atom. The molecular formula is C22H32N2O4S. The Bertz CT molecular complexity index is 723. The lowest BCUT2D eigenvalue weighted by molar-refractivity contribution is -0.130. The highest BCUT2D eigenvalue weighted by Gasteiger charge is 2.27. The van der Waals surface area contributed by atoms with Gasteiger partial charge in [-0.2, -0.15) is 0 Å². The second-order valence-electron chi connectivity index (χ2n) is 7.93. The molecule has 1 aromatic rings. The molecule has 1 aliphatic carbocycles. The highest BCUT2D eigenvalue weighted by atomic mass is 32.2. The number of nitrogens with one attached hydrogen (secondary N) is 2. The average molecular weight is 421 g/mol. The highest BCUT2D eigenvalue weighted by molar-refractivity contribution is 8.00. The second kappa shape index (κ2) is 11.2. The third-order valence-corrected chi connectivity index (χ3v) is 6.08. The minimum atomic E-state index is -0.876. The molecule has 7 heteroatoms. The van der Waals surface area contributed by atoms with Crippen LogP contribution in [0.25, 0.3) is 0 Å². The van der Waals surface area contributed by atoms with Crippen LogP contribution in [0.15, 0.2) is 29.2 Å². The maximum Gasteiger partial charge on any atom is 0.340 e. The molecule has 0 bridgehead atoms. The monoisotopic (exact) mass is 420 g/mol. The van der Waals surface area contributed by atoms with Gasteiger partial charge in [-0.05, 0) is 51.7 Å². The van der Waals surface area contributed by atoms with E-state index in [9.17, 15) is 14.4 Å². The summed E-state index contributed by atoms with van der Waals surface area (Å²) in [5.74, 6) is -0.277.